The Morgan fingerprint density at radius 3 is 2.50 bits per heavy atom. The summed E-state index contributed by atoms with van der Waals surface area (Å²) in [7, 11) is 0. The van der Waals surface area contributed by atoms with Crippen LogP contribution in [0.15, 0.2) is 79.0 Å². The molecule has 1 fully saturated rings. The minimum absolute atomic E-state index is 0.184. The van der Waals surface area contributed by atoms with Crippen LogP contribution in [0, 0.1) is 5.92 Å². The molecule has 5 heteroatoms. The Morgan fingerprint density at radius 2 is 1.81 bits per heavy atom. The smallest absolute Gasteiger partial charge is 0.248 e. The van der Waals surface area contributed by atoms with E-state index in [1.165, 1.54) is 18.9 Å². The van der Waals surface area contributed by atoms with Gasteiger partial charge in [0.05, 0.1) is 11.9 Å². The highest BCUT2D eigenvalue weighted by Crippen LogP contribution is 2.22. The van der Waals surface area contributed by atoms with Gasteiger partial charge in [-0.1, -0.05) is 49.4 Å². The van der Waals surface area contributed by atoms with Gasteiger partial charge in [0.2, 0.25) is 5.91 Å². The first-order chi connectivity index (χ1) is 15.7. The summed E-state index contributed by atoms with van der Waals surface area (Å²) in [4.78, 5) is 19.1. The van der Waals surface area contributed by atoms with Gasteiger partial charge in [-0.05, 0) is 60.2 Å². The number of carbonyl (C=O) groups excluding carboxylic acids is 1. The molecule has 0 unspecified atom stereocenters. The van der Waals surface area contributed by atoms with Crippen molar-refractivity contribution in [3.05, 3.63) is 90.1 Å². The number of ether oxygens (including phenoxy) is 1. The molecule has 2 heterocycles. The molecule has 1 N–H and O–H groups in total. The van der Waals surface area contributed by atoms with Crippen LogP contribution in [-0.2, 0) is 11.4 Å². The quantitative estimate of drug-likeness (QED) is 0.503. The van der Waals surface area contributed by atoms with Crippen LogP contribution < -0.4 is 15.0 Å². The van der Waals surface area contributed by atoms with Gasteiger partial charge in [0.1, 0.15) is 18.2 Å². The summed E-state index contributed by atoms with van der Waals surface area (Å²) in [6.45, 7) is 4.91. The number of hydrogen-bond acceptors (Lipinski definition) is 4. The average Bonchev–Trinajstić information content (AvgIpc) is 2.84. The first-order valence-corrected chi connectivity index (χ1v) is 11.1. The number of hydrogen-bond donors (Lipinski definition) is 1. The molecule has 1 saturated heterocycles. The summed E-state index contributed by atoms with van der Waals surface area (Å²) in [5.41, 5.74) is 2.75. The molecule has 4 rings (SSSR count). The van der Waals surface area contributed by atoms with Gasteiger partial charge in [-0.15, -0.1) is 0 Å². The lowest BCUT2D eigenvalue weighted by molar-refractivity contribution is -0.111. The van der Waals surface area contributed by atoms with Crippen molar-refractivity contribution in [2.24, 2.45) is 5.92 Å². The molecule has 1 aliphatic heterocycles. The first-order valence-electron chi connectivity index (χ1n) is 11.1. The summed E-state index contributed by atoms with van der Waals surface area (Å²) in [5.74, 6) is 2.37. The van der Waals surface area contributed by atoms with E-state index in [9.17, 15) is 4.79 Å². The predicted octanol–water partition coefficient (Wildman–Crippen LogP) is 5.55. The lowest BCUT2D eigenvalue weighted by Gasteiger charge is -2.31. The molecule has 0 spiro atoms. The largest absolute Gasteiger partial charge is 0.489 e. The Balaban J connectivity index is 1.26. The Morgan fingerprint density at radius 1 is 1.06 bits per heavy atom. The second kappa shape index (κ2) is 10.6. The number of anilines is 2. The lowest BCUT2D eigenvalue weighted by Crippen LogP contribution is -2.33. The van der Waals surface area contributed by atoms with E-state index in [2.05, 4.69) is 22.1 Å². The van der Waals surface area contributed by atoms with Crippen molar-refractivity contribution in [3.8, 4) is 5.75 Å². The van der Waals surface area contributed by atoms with Crippen molar-refractivity contribution in [1.29, 1.82) is 0 Å². The molecule has 1 aliphatic rings. The highest BCUT2D eigenvalue weighted by Gasteiger charge is 2.16. The molecule has 0 aliphatic carbocycles. The summed E-state index contributed by atoms with van der Waals surface area (Å²) in [5, 5.41) is 2.87. The van der Waals surface area contributed by atoms with Gasteiger partial charge in [-0.3, -0.25) is 4.79 Å². The Bertz CT molecular complexity index is 1020. The SMILES string of the molecule is CC1CCN(c2ccc(NC(=O)/C=C/c3ccc(OCc4ccccc4)cc3)cn2)CC1. The maximum Gasteiger partial charge on any atom is 0.248 e. The Hall–Kier alpha value is -3.60. The van der Waals surface area contributed by atoms with Gasteiger partial charge in [0, 0.05) is 19.2 Å². The molecule has 32 heavy (non-hydrogen) atoms. The normalized spacial score (nSPS) is 14.5. The fourth-order valence-electron chi connectivity index (χ4n) is 3.66. The number of carbonyl (C=O) groups is 1. The standard InChI is InChI=1S/C27H29N3O2/c1-21-15-17-30(18-16-21)26-13-10-24(19-28-26)29-27(31)14-9-22-7-11-25(12-8-22)32-20-23-5-3-2-4-6-23/h2-14,19,21H,15-18,20H2,1H3,(H,29,31)/b14-9+. The molecule has 0 atom stereocenters. The number of nitrogens with zero attached hydrogens (tertiary/aromatic N) is 2. The summed E-state index contributed by atoms with van der Waals surface area (Å²) >= 11 is 0. The molecule has 164 valence electrons. The second-order valence-corrected chi connectivity index (χ2v) is 8.24. The van der Waals surface area contributed by atoms with Crippen LogP contribution in [0.25, 0.3) is 6.08 Å². The van der Waals surface area contributed by atoms with E-state index < -0.39 is 0 Å². The number of aromatic nitrogens is 1. The molecule has 0 saturated carbocycles. The van der Waals surface area contributed by atoms with Crippen LogP contribution in [-0.4, -0.2) is 24.0 Å². The van der Waals surface area contributed by atoms with Gasteiger partial charge in [0.15, 0.2) is 0 Å². The fourth-order valence-corrected chi connectivity index (χ4v) is 3.66. The van der Waals surface area contributed by atoms with Crippen molar-refractivity contribution in [2.45, 2.75) is 26.4 Å². The van der Waals surface area contributed by atoms with Crippen molar-refractivity contribution in [3.63, 3.8) is 0 Å². The predicted molar refractivity (Wildman–Crippen MR) is 130 cm³/mol. The maximum atomic E-state index is 12.3. The van der Waals surface area contributed by atoms with Gasteiger partial charge < -0.3 is 15.0 Å². The van der Waals surface area contributed by atoms with E-state index in [1.54, 1.807) is 12.3 Å². The Kier molecular flexibility index (Phi) is 7.18. The molecule has 2 aromatic carbocycles. The van der Waals surface area contributed by atoms with Crippen LogP contribution in [0.5, 0.6) is 5.75 Å². The highest BCUT2D eigenvalue weighted by molar-refractivity contribution is 6.01. The summed E-state index contributed by atoms with van der Waals surface area (Å²) in [6, 6.07) is 21.6. The zero-order valence-corrected chi connectivity index (χ0v) is 18.4. The minimum atomic E-state index is -0.184. The zero-order valence-electron chi connectivity index (χ0n) is 18.4. The molecule has 1 aromatic heterocycles. The number of pyridine rings is 1. The second-order valence-electron chi connectivity index (χ2n) is 8.24. The topological polar surface area (TPSA) is 54.5 Å². The van der Waals surface area contributed by atoms with E-state index in [-0.39, 0.29) is 5.91 Å². The van der Waals surface area contributed by atoms with Crippen LogP contribution in [0.2, 0.25) is 0 Å². The Labute approximate surface area is 189 Å². The van der Waals surface area contributed by atoms with E-state index in [0.717, 1.165) is 41.7 Å². The van der Waals surface area contributed by atoms with E-state index in [1.807, 2.05) is 66.7 Å². The highest BCUT2D eigenvalue weighted by atomic mass is 16.5. The van der Waals surface area contributed by atoms with Gasteiger partial charge in [0.25, 0.3) is 0 Å². The third-order valence-corrected chi connectivity index (χ3v) is 5.68. The third kappa shape index (κ3) is 6.20. The lowest BCUT2D eigenvalue weighted by atomic mass is 9.99. The molecule has 5 nitrogen and oxygen atoms in total. The molecular formula is C27H29N3O2. The number of nitrogens with one attached hydrogen (secondary N) is 1. The number of amides is 1. The average molecular weight is 428 g/mol. The first kappa shape index (κ1) is 21.6. The van der Waals surface area contributed by atoms with Gasteiger partial charge >= 0.3 is 0 Å². The number of benzene rings is 2. The fraction of sp³-hybridized carbons (Fsp3) is 0.259. The van der Waals surface area contributed by atoms with Crippen LogP contribution >= 0.6 is 0 Å². The van der Waals surface area contributed by atoms with E-state index in [0.29, 0.717) is 12.3 Å². The van der Waals surface area contributed by atoms with Gasteiger partial charge in [-0.2, -0.15) is 0 Å². The molecule has 0 radical (unpaired) electrons. The van der Waals surface area contributed by atoms with Crippen LogP contribution in [0.1, 0.15) is 30.9 Å². The monoisotopic (exact) mass is 427 g/mol. The summed E-state index contributed by atoms with van der Waals surface area (Å²) in [6.07, 6.45) is 7.43. The minimum Gasteiger partial charge on any atom is -0.489 e. The number of rotatable bonds is 7. The molecule has 3 aromatic rings. The zero-order chi connectivity index (χ0) is 22.2. The van der Waals surface area contributed by atoms with Crippen molar-refractivity contribution >= 4 is 23.5 Å². The molecule has 1 amide bonds. The summed E-state index contributed by atoms with van der Waals surface area (Å²) < 4.78 is 5.80. The van der Waals surface area contributed by atoms with Gasteiger partial charge in [-0.25, -0.2) is 4.98 Å². The number of piperidine rings is 1. The molecule has 0 bridgehead atoms. The van der Waals surface area contributed by atoms with Crippen molar-refractivity contribution < 1.29 is 9.53 Å². The van der Waals surface area contributed by atoms with Crippen LogP contribution in [0.3, 0.4) is 0 Å². The van der Waals surface area contributed by atoms with E-state index in [4.69, 9.17) is 4.74 Å². The van der Waals surface area contributed by atoms with E-state index >= 15 is 0 Å². The van der Waals surface area contributed by atoms with Crippen LogP contribution in [0.4, 0.5) is 11.5 Å². The molecular weight excluding hydrogens is 398 g/mol. The third-order valence-electron chi connectivity index (χ3n) is 5.68. The maximum absolute atomic E-state index is 12.3. The van der Waals surface area contributed by atoms with Crippen molar-refractivity contribution in [1.82, 2.24) is 4.98 Å². The van der Waals surface area contributed by atoms with Crippen molar-refractivity contribution in [2.75, 3.05) is 23.3 Å².